The third kappa shape index (κ3) is 3.01. The molecule has 0 aromatic heterocycles. The van der Waals surface area contributed by atoms with Crippen LogP contribution in [0.3, 0.4) is 0 Å². The van der Waals surface area contributed by atoms with Crippen molar-refractivity contribution in [3.8, 4) is 11.5 Å². The van der Waals surface area contributed by atoms with Crippen molar-refractivity contribution in [2.45, 2.75) is 4.90 Å². The molecule has 0 bridgehead atoms. The van der Waals surface area contributed by atoms with Crippen molar-refractivity contribution in [3.05, 3.63) is 53.6 Å². The maximum Gasteiger partial charge on any atom is 0.238 e. The molecule has 4 nitrogen and oxygen atoms in total. The number of primary sulfonamides is 1. The van der Waals surface area contributed by atoms with Crippen molar-refractivity contribution in [3.63, 3.8) is 0 Å². The van der Waals surface area contributed by atoms with E-state index in [2.05, 4.69) is 0 Å². The Kier molecular flexibility index (Phi) is 3.56. The van der Waals surface area contributed by atoms with E-state index >= 15 is 0 Å². The Morgan fingerprint density at radius 2 is 1.72 bits per heavy atom. The Morgan fingerprint density at radius 3 is 2.28 bits per heavy atom. The number of ether oxygens (including phenoxy) is 1. The highest BCUT2D eigenvalue weighted by atomic mass is 35.5. The smallest absolute Gasteiger partial charge is 0.238 e. The molecule has 0 unspecified atom stereocenters. The van der Waals surface area contributed by atoms with E-state index in [4.69, 9.17) is 21.5 Å². The first kappa shape index (κ1) is 12.9. The van der Waals surface area contributed by atoms with Gasteiger partial charge in [0.2, 0.25) is 10.0 Å². The Hall–Kier alpha value is -1.56. The number of hydrogen-bond donors (Lipinski definition) is 1. The van der Waals surface area contributed by atoms with Crippen LogP contribution in [0.1, 0.15) is 0 Å². The van der Waals surface area contributed by atoms with Gasteiger partial charge in [0.15, 0.2) is 0 Å². The second-order valence-corrected chi connectivity index (χ2v) is 5.52. The van der Waals surface area contributed by atoms with Crippen molar-refractivity contribution >= 4 is 21.6 Å². The molecule has 94 valence electrons. The van der Waals surface area contributed by atoms with E-state index in [-0.39, 0.29) is 9.92 Å². The average molecular weight is 284 g/mol. The second-order valence-electron chi connectivity index (χ2n) is 3.55. The molecule has 2 rings (SSSR count). The van der Waals surface area contributed by atoms with Gasteiger partial charge in [-0.25, -0.2) is 13.6 Å². The minimum Gasteiger partial charge on any atom is -0.456 e. The second kappa shape index (κ2) is 4.97. The molecule has 6 heteroatoms. The minimum atomic E-state index is -3.75. The normalized spacial score (nSPS) is 11.2. The Balaban J connectivity index is 2.32. The predicted octanol–water partition coefficient (Wildman–Crippen LogP) is 2.78. The van der Waals surface area contributed by atoms with Crippen LogP contribution in [-0.4, -0.2) is 8.42 Å². The molecule has 0 aliphatic heterocycles. The highest BCUT2D eigenvalue weighted by molar-refractivity contribution is 7.89. The lowest BCUT2D eigenvalue weighted by molar-refractivity contribution is 0.482. The molecule has 0 radical (unpaired) electrons. The number of nitrogens with two attached hydrogens (primary N) is 1. The summed E-state index contributed by atoms with van der Waals surface area (Å²) in [7, 11) is -3.75. The third-order valence-electron chi connectivity index (χ3n) is 2.20. The van der Waals surface area contributed by atoms with Gasteiger partial charge in [-0.2, -0.15) is 0 Å². The molecule has 0 heterocycles. The van der Waals surface area contributed by atoms with E-state index in [0.717, 1.165) is 0 Å². The molecule has 0 fully saturated rings. The Morgan fingerprint density at radius 1 is 1.06 bits per heavy atom. The van der Waals surface area contributed by atoms with Gasteiger partial charge in [0.25, 0.3) is 0 Å². The van der Waals surface area contributed by atoms with E-state index < -0.39 is 10.0 Å². The zero-order chi connectivity index (χ0) is 13.2. The molecule has 2 N–H and O–H groups in total. The van der Waals surface area contributed by atoms with Gasteiger partial charge < -0.3 is 4.74 Å². The van der Waals surface area contributed by atoms with Crippen molar-refractivity contribution in [1.82, 2.24) is 0 Å². The molecule has 0 aliphatic rings. The SMILES string of the molecule is NS(=O)(=O)c1ccc(Oc2ccccc2)c(Cl)c1. The van der Waals surface area contributed by atoms with Crippen LogP contribution >= 0.6 is 11.6 Å². The summed E-state index contributed by atoms with van der Waals surface area (Å²) in [6.07, 6.45) is 0. The molecule has 18 heavy (non-hydrogen) atoms. The van der Waals surface area contributed by atoms with Crippen LogP contribution in [-0.2, 0) is 10.0 Å². The summed E-state index contributed by atoms with van der Waals surface area (Å²) in [5, 5.41) is 5.19. The van der Waals surface area contributed by atoms with Crippen LogP contribution < -0.4 is 9.88 Å². The fraction of sp³-hybridized carbons (Fsp3) is 0. The van der Waals surface area contributed by atoms with Crippen LogP contribution in [0, 0.1) is 0 Å². The molecule has 0 saturated carbocycles. The van der Waals surface area contributed by atoms with E-state index in [0.29, 0.717) is 11.5 Å². The largest absolute Gasteiger partial charge is 0.456 e. The molecule has 2 aromatic rings. The summed E-state index contributed by atoms with van der Waals surface area (Å²) >= 11 is 5.94. The minimum absolute atomic E-state index is 0.0482. The average Bonchev–Trinajstić information content (AvgIpc) is 2.32. The number of sulfonamides is 1. The Bertz CT molecular complexity index is 656. The maximum atomic E-state index is 11.1. The molecular weight excluding hydrogens is 274 g/mol. The first-order valence-corrected chi connectivity index (χ1v) is 6.94. The van der Waals surface area contributed by atoms with Gasteiger partial charge in [0, 0.05) is 0 Å². The van der Waals surface area contributed by atoms with E-state index in [1.54, 1.807) is 12.1 Å². The summed E-state index contributed by atoms with van der Waals surface area (Å²) in [5.41, 5.74) is 0. The van der Waals surface area contributed by atoms with Gasteiger partial charge in [-0.3, -0.25) is 0 Å². The first-order valence-electron chi connectivity index (χ1n) is 5.02. The Labute approximate surface area is 110 Å². The molecule has 2 aromatic carbocycles. The fourth-order valence-corrected chi connectivity index (χ4v) is 2.18. The van der Waals surface area contributed by atoms with Crippen molar-refractivity contribution in [1.29, 1.82) is 0 Å². The highest BCUT2D eigenvalue weighted by Gasteiger charge is 2.11. The van der Waals surface area contributed by atoms with E-state index in [9.17, 15) is 8.42 Å². The van der Waals surface area contributed by atoms with Crippen LogP contribution in [0.4, 0.5) is 0 Å². The maximum absolute atomic E-state index is 11.1. The lowest BCUT2D eigenvalue weighted by Crippen LogP contribution is -2.11. The molecule has 0 aliphatic carbocycles. The standard InChI is InChI=1S/C12H10ClNO3S/c13-11-8-10(18(14,15)16)6-7-12(11)17-9-4-2-1-3-5-9/h1-8H,(H2,14,15,16). The van der Waals surface area contributed by atoms with Crippen LogP contribution in [0.2, 0.25) is 5.02 Å². The summed E-state index contributed by atoms with van der Waals surface area (Å²) < 4.78 is 27.8. The van der Waals surface area contributed by atoms with Crippen LogP contribution in [0.25, 0.3) is 0 Å². The van der Waals surface area contributed by atoms with Crippen molar-refractivity contribution in [2.75, 3.05) is 0 Å². The topological polar surface area (TPSA) is 69.4 Å². The fourth-order valence-electron chi connectivity index (χ4n) is 1.36. The third-order valence-corrected chi connectivity index (χ3v) is 3.41. The number of para-hydroxylation sites is 1. The van der Waals surface area contributed by atoms with Gasteiger partial charge in [0.1, 0.15) is 11.5 Å². The van der Waals surface area contributed by atoms with Crippen LogP contribution in [0.5, 0.6) is 11.5 Å². The van der Waals surface area contributed by atoms with Gasteiger partial charge in [-0.15, -0.1) is 0 Å². The number of rotatable bonds is 3. The van der Waals surface area contributed by atoms with Crippen molar-refractivity contribution in [2.24, 2.45) is 5.14 Å². The zero-order valence-electron chi connectivity index (χ0n) is 9.21. The van der Waals surface area contributed by atoms with Gasteiger partial charge in [0.05, 0.1) is 9.92 Å². The number of halogens is 1. The summed E-state index contributed by atoms with van der Waals surface area (Å²) in [6, 6.07) is 13.1. The highest BCUT2D eigenvalue weighted by Crippen LogP contribution is 2.30. The lowest BCUT2D eigenvalue weighted by atomic mass is 10.3. The summed E-state index contributed by atoms with van der Waals surface area (Å²) in [4.78, 5) is -0.0482. The van der Waals surface area contributed by atoms with E-state index in [1.165, 1.54) is 18.2 Å². The monoisotopic (exact) mass is 283 g/mol. The molecule has 0 atom stereocenters. The summed E-state index contributed by atoms with van der Waals surface area (Å²) in [6.45, 7) is 0. The number of hydrogen-bond acceptors (Lipinski definition) is 3. The molecule has 0 spiro atoms. The quantitative estimate of drug-likeness (QED) is 0.941. The first-order chi connectivity index (χ1) is 8.47. The van der Waals surface area contributed by atoms with Crippen molar-refractivity contribution < 1.29 is 13.2 Å². The number of benzene rings is 2. The zero-order valence-corrected chi connectivity index (χ0v) is 10.8. The van der Waals surface area contributed by atoms with Gasteiger partial charge in [-0.05, 0) is 30.3 Å². The van der Waals surface area contributed by atoms with Gasteiger partial charge >= 0.3 is 0 Å². The molecule has 0 saturated heterocycles. The molecular formula is C12H10ClNO3S. The molecule has 0 amide bonds. The van der Waals surface area contributed by atoms with E-state index in [1.807, 2.05) is 18.2 Å². The predicted molar refractivity (Wildman–Crippen MR) is 69.3 cm³/mol. The summed E-state index contributed by atoms with van der Waals surface area (Å²) in [5.74, 6) is 0.984. The van der Waals surface area contributed by atoms with Gasteiger partial charge in [-0.1, -0.05) is 29.8 Å². The van der Waals surface area contributed by atoms with Crippen LogP contribution in [0.15, 0.2) is 53.4 Å². The lowest BCUT2D eigenvalue weighted by Gasteiger charge is -2.08.